The van der Waals surface area contributed by atoms with Crippen molar-refractivity contribution in [2.24, 2.45) is 0 Å². The van der Waals surface area contributed by atoms with E-state index in [1.54, 1.807) is 19.9 Å². The summed E-state index contributed by atoms with van der Waals surface area (Å²) in [5, 5.41) is 13.5. The molecule has 16 heavy (non-hydrogen) atoms. The fourth-order valence-corrected chi connectivity index (χ4v) is 1.15. The van der Waals surface area contributed by atoms with Gasteiger partial charge < -0.3 is 15.7 Å². The van der Waals surface area contributed by atoms with Gasteiger partial charge in [-0.1, -0.05) is 6.07 Å². The lowest BCUT2D eigenvalue weighted by atomic mass is 10.2. The molecule has 0 heterocycles. The minimum absolute atomic E-state index is 0.119. The lowest BCUT2D eigenvalue weighted by Gasteiger charge is -2.12. The fraction of sp³-hybridized carbons (Fsp3) is 0.364. The van der Waals surface area contributed by atoms with Crippen molar-refractivity contribution in [2.45, 2.75) is 19.9 Å². The first-order chi connectivity index (χ1) is 7.52. The molecule has 1 unspecified atom stereocenters. The molecule has 0 aliphatic carbocycles. The maximum absolute atomic E-state index is 13.3. The number of urea groups is 1. The van der Waals surface area contributed by atoms with Crippen LogP contribution in [0.25, 0.3) is 0 Å². The van der Waals surface area contributed by atoms with Gasteiger partial charge in [0, 0.05) is 0 Å². The van der Waals surface area contributed by atoms with E-state index in [2.05, 4.69) is 10.6 Å². The number of benzene rings is 1. The van der Waals surface area contributed by atoms with Crippen LogP contribution in [-0.4, -0.2) is 23.8 Å². The Balaban J connectivity index is 2.63. The molecular formula is C11H15FN2O2. The molecule has 0 aliphatic rings. The molecule has 3 N–H and O–H groups in total. The fourth-order valence-electron chi connectivity index (χ4n) is 1.15. The van der Waals surface area contributed by atoms with Crippen LogP contribution in [0.5, 0.6) is 0 Å². The summed E-state index contributed by atoms with van der Waals surface area (Å²) in [5.41, 5.74) is 0.903. The normalized spacial score (nSPS) is 12.0. The maximum Gasteiger partial charge on any atom is 0.319 e. The van der Waals surface area contributed by atoms with Crippen molar-refractivity contribution < 1.29 is 14.3 Å². The third-order valence-electron chi connectivity index (χ3n) is 2.02. The summed E-state index contributed by atoms with van der Waals surface area (Å²) in [6, 6.07) is 3.63. The molecule has 1 atom stereocenters. The summed E-state index contributed by atoms with van der Waals surface area (Å²) in [6.45, 7) is 3.25. The lowest BCUT2D eigenvalue weighted by Crippen LogP contribution is -2.38. The standard InChI is InChI=1S/C11H15FN2O2/c1-7-3-4-10(9(12)5-7)14-11(16)13-8(2)6-15/h3-5,8,15H,6H2,1-2H3,(H2,13,14,16). The Morgan fingerprint density at radius 1 is 1.56 bits per heavy atom. The van der Waals surface area contributed by atoms with Crippen LogP contribution in [-0.2, 0) is 0 Å². The molecule has 0 radical (unpaired) electrons. The van der Waals surface area contributed by atoms with Crippen LogP contribution < -0.4 is 10.6 Å². The number of anilines is 1. The van der Waals surface area contributed by atoms with E-state index < -0.39 is 11.8 Å². The van der Waals surface area contributed by atoms with Gasteiger partial charge in [-0.3, -0.25) is 0 Å². The smallest absolute Gasteiger partial charge is 0.319 e. The molecule has 0 aliphatic heterocycles. The number of aliphatic hydroxyl groups is 1. The Bertz CT molecular complexity index is 382. The highest BCUT2D eigenvalue weighted by Crippen LogP contribution is 2.14. The zero-order chi connectivity index (χ0) is 12.1. The highest BCUT2D eigenvalue weighted by atomic mass is 19.1. The largest absolute Gasteiger partial charge is 0.394 e. The summed E-state index contributed by atoms with van der Waals surface area (Å²) in [6.07, 6.45) is 0. The van der Waals surface area contributed by atoms with Gasteiger partial charge in [0.25, 0.3) is 0 Å². The van der Waals surface area contributed by atoms with Crippen LogP contribution in [0.15, 0.2) is 18.2 Å². The molecule has 1 aromatic carbocycles. The number of amides is 2. The summed E-state index contributed by atoms with van der Waals surface area (Å²) in [4.78, 5) is 11.3. The first-order valence-corrected chi connectivity index (χ1v) is 4.97. The number of aryl methyl sites for hydroxylation is 1. The van der Waals surface area contributed by atoms with E-state index in [1.807, 2.05) is 0 Å². The quantitative estimate of drug-likeness (QED) is 0.733. The van der Waals surface area contributed by atoms with Crippen LogP contribution in [0.1, 0.15) is 12.5 Å². The van der Waals surface area contributed by atoms with Crippen LogP contribution >= 0.6 is 0 Å². The zero-order valence-corrected chi connectivity index (χ0v) is 9.25. The van der Waals surface area contributed by atoms with Gasteiger partial charge in [-0.05, 0) is 31.5 Å². The Morgan fingerprint density at radius 2 is 2.25 bits per heavy atom. The molecule has 0 saturated heterocycles. The molecule has 1 rings (SSSR count). The van der Waals surface area contributed by atoms with Crippen LogP contribution in [0.2, 0.25) is 0 Å². The van der Waals surface area contributed by atoms with E-state index in [0.29, 0.717) is 0 Å². The van der Waals surface area contributed by atoms with Crippen molar-refractivity contribution in [1.29, 1.82) is 0 Å². The van der Waals surface area contributed by atoms with Crippen molar-refractivity contribution in [3.05, 3.63) is 29.6 Å². The van der Waals surface area contributed by atoms with E-state index in [1.165, 1.54) is 12.1 Å². The molecule has 4 nitrogen and oxygen atoms in total. The summed E-state index contributed by atoms with van der Waals surface area (Å²) in [7, 11) is 0. The van der Waals surface area contributed by atoms with E-state index in [0.717, 1.165) is 5.56 Å². The summed E-state index contributed by atoms with van der Waals surface area (Å²) >= 11 is 0. The van der Waals surface area contributed by atoms with E-state index >= 15 is 0 Å². The van der Waals surface area contributed by atoms with Crippen molar-refractivity contribution >= 4 is 11.7 Å². The highest BCUT2D eigenvalue weighted by Gasteiger charge is 2.08. The number of rotatable bonds is 3. The molecule has 0 aromatic heterocycles. The monoisotopic (exact) mass is 226 g/mol. The van der Waals surface area contributed by atoms with Crippen molar-refractivity contribution in [1.82, 2.24) is 5.32 Å². The Kier molecular flexibility index (Phi) is 4.25. The van der Waals surface area contributed by atoms with Gasteiger partial charge in [0.2, 0.25) is 0 Å². The topological polar surface area (TPSA) is 61.4 Å². The lowest BCUT2D eigenvalue weighted by molar-refractivity contribution is 0.229. The average Bonchev–Trinajstić information content (AvgIpc) is 2.22. The van der Waals surface area contributed by atoms with Crippen molar-refractivity contribution in [2.75, 3.05) is 11.9 Å². The van der Waals surface area contributed by atoms with Crippen LogP contribution in [0.3, 0.4) is 0 Å². The maximum atomic E-state index is 13.3. The molecule has 5 heteroatoms. The molecule has 1 aromatic rings. The first kappa shape index (κ1) is 12.4. The molecule has 0 saturated carbocycles. The number of carbonyl (C=O) groups is 1. The molecular weight excluding hydrogens is 211 g/mol. The van der Waals surface area contributed by atoms with Gasteiger partial charge in [-0.2, -0.15) is 0 Å². The van der Waals surface area contributed by atoms with Crippen LogP contribution in [0, 0.1) is 12.7 Å². The van der Waals surface area contributed by atoms with Crippen LogP contribution in [0.4, 0.5) is 14.9 Å². The van der Waals surface area contributed by atoms with E-state index in [-0.39, 0.29) is 18.3 Å². The number of nitrogens with one attached hydrogen (secondary N) is 2. The second-order valence-electron chi connectivity index (χ2n) is 3.67. The SMILES string of the molecule is Cc1ccc(NC(=O)NC(C)CO)c(F)c1. The van der Waals surface area contributed by atoms with Gasteiger partial charge in [-0.15, -0.1) is 0 Å². The highest BCUT2D eigenvalue weighted by molar-refractivity contribution is 5.89. The summed E-state index contributed by atoms with van der Waals surface area (Å²) in [5.74, 6) is -0.480. The first-order valence-electron chi connectivity index (χ1n) is 4.97. The third kappa shape index (κ3) is 3.51. The number of aliphatic hydroxyl groups excluding tert-OH is 1. The zero-order valence-electron chi connectivity index (χ0n) is 9.25. The van der Waals surface area contributed by atoms with Gasteiger partial charge >= 0.3 is 6.03 Å². The Labute approximate surface area is 93.5 Å². The third-order valence-corrected chi connectivity index (χ3v) is 2.02. The Morgan fingerprint density at radius 3 is 2.81 bits per heavy atom. The van der Waals surface area contributed by atoms with E-state index in [4.69, 9.17) is 5.11 Å². The molecule has 2 amide bonds. The van der Waals surface area contributed by atoms with Gasteiger partial charge in [0.15, 0.2) is 0 Å². The van der Waals surface area contributed by atoms with E-state index in [9.17, 15) is 9.18 Å². The molecule has 88 valence electrons. The molecule has 0 fully saturated rings. The number of hydrogen-bond acceptors (Lipinski definition) is 2. The number of halogens is 1. The predicted octanol–water partition coefficient (Wildman–Crippen LogP) is 1.64. The van der Waals surface area contributed by atoms with Crippen molar-refractivity contribution in [3.8, 4) is 0 Å². The Hall–Kier alpha value is -1.62. The van der Waals surface area contributed by atoms with Gasteiger partial charge in [0.05, 0.1) is 18.3 Å². The second kappa shape index (κ2) is 5.46. The number of hydrogen-bond donors (Lipinski definition) is 3. The van der Waals surface area contributed by atoms with Gasteiger partial charge in [0.1, 0.15) is 5.82 Å². The van der Waals surface area contributed by atoms with Gasteiger partial charge in [-0.25, -0.2) is 9.18 Å². The minimum atomic E-state index is -0.538. The minimum Gasteiger partial charge on any atom is -0.394 e. The van der Waals surface area contributed by atoms with Crippen molar-refractivity contribution in [3.63, 3.8) is 0 Å². The predicted molar refractivity (Wildman–Crippen MR) is 59.8 cm³/mol. The number of carbonyl (C=O) groups excluding carboxylic acids is 1. The average molecular weight is 226 g/mol. The molecule has 0 bridgehead atoms. The second-order valence-corrected chi connectivity index (χ2v) is 3.67. The summed E-state index contributed by atoms with van der Waals surface area (Å²) < 4.78 is 13.3. The molecule has 0 spiro atoms.